The van der Waals surface area contributed by atoms with Crippen LogP contribution in [-0.2, 0) is 14.3 Å². The molecular formula is C13H21N3O4. The molecule has 0 aliphatic carbocycles. The summed E-state index contributed by atoms with van der Waals surface area (Å²) in [5, 5.41) is 5.61. The highest BCUT2D eigenvalue weighted by Gasteiger charge is 2.30. The first-order valence-electron chi connectivity index (χ1n) is 7.11. The molecule has 1 atom stereocenters. The largest absolute Gasteiger partial charge is 0.450 e. The molecule has 2 aliphatic rings. The number of carbonyl (C=O) groups is 3. The molecule has 112 valence electrons. The highest BCUT2D eigenvalue weighted by Crippen LogP contribution is 2.14. The summed E-state index contributed by atoms with van der Waals surface area (Å²) in [4.78, 5) is 36.0. The molecule has 2 N–H and O–H groups in total. The van der Waals surface area contributed by atoms with Crippen molar-refractivity contribution in [2.45, 2.75) is 44.7 Å². The summed E-state index contributed by atoms with van der Waals surface area (Å²) in [6, 6.07) is -0.100. The van der Waals surface area contributed by atoms with E-state index in [1.165, 1.54) is 0 Å². The van der Waals surface area contributed by atoms with Gasteiger partial charge in [0.1, 0.15) is 0 Å². The van der Waals surface area contributed by atoms with Crippen molar-refractivity contribution in [2.75, 3.05) is 19.7 Å². The van der Waals surface area contributed by atoms with E-state index in [2.05, 4.69) is 10.6 Å². The third-order valence-electron chi connectivity index (χ3n) is 3.70. The van der Waals surface area contributed by atoms with Crippen LogP contribution < -0.4 is 10.6 Å². The molecule has 1 unspecified atom stereocenters. The predicted octanol–water partition coefficient (Wildman–Crippen LogP) is 0.00210. The number of hydrogen-bond acceptors (Lipinski definition) is 5. The van der Waals surface area contributed by atoms with Gasteiger partial charge in [-0.25, -0.2) is 4.79 Å². The lowest BCUT2D eigenvalue weighted by molar-refractivity contribution is -0.135. The Labute approximate surface area is 118 Å². The van der Waals surface area contributed by atoms with Gasteiger partial charge in [-0.05, 0) is 26.2 Å². The average Bonchev–Trinajstić information content (AvgIpc) is 2.43. The Balaban J connectivity index is 1.75. The molecule has 0 aromatic carbocycles. The van der Waals surface area contributed by atoms with Crippen molar-refractivity contribution >= 4 is 17.9 Å². The number of imide groups is 1. The van der Waals surface area contributed by atoms with Crippen LogP contribution in [0, 0.1) is 0 Å². The second-order valence-corrected chi connectivity index (χ2v) is 5.13. The van der Waals surface area contributed by atoms with Gasteiger partial charge in [-0.15, -0.1) is 0 Å². The standard InChI is InChI=1S/C13H21N3O4/c1-2-20-13(19)16-7-5-9(6-8-16)14-10-3-4-11(17)15-12(10)18/h9-10,14H,2-8H2,1H3,(H,15,17,18). The normalized spacial score (nSPS) is 24.4. The van der Waals surface area contributed by atoms with Crippen LogP contribution in [0.3, 0.4) is 0 Å². The molecule has 2 aliphatic heterocycles. The molecule has 7 heteroatoms. The first-order chi connectivity index (χ1) is 9.60. The number of nitrogens with zero attached hydrogens (tertiary/aromatic N) is 1. The lowest BCUT2D eigenvalue weighted by Crippen LogP contribution is -2.55. The number of hydrogen-bond donors (Lipinski definition) is 2. The first-order valence-corrected chi connectivity index (χ1v) is 7.11. The molecule has 2 rings (SSSR count). The van der Waals surface area contributed by atoms with Crippen molar-refractivity contribution in [3.05, 3.63) is 0 Å². The third-order valence-corrected chi connectivity index (χ3v) is 3.70. The lowest BCUT2D eigenvalue weighted by Gasteiger charge is -2.34. The molecule has 7 nitrogen and oxygen atoms in total. The number of amides is 3. The van der Waals surface area contributed by atoms with Gasteiger partial charge in [0.15, 0.2) is 0 Å². The van der Waals surface area contributed by atoms with E-state index >= 15 is 0 Å². The molecule has 0 bridgehead atoms. The van der Waals surface area contributed by atoms with E-state index in [1.54, 1.807) is 11.8 Å². The summed E-state index contributed by atoms with van der Waals surface area (Å²) >= 11 is 0. The summed E-state index contributed by atoms with van der Waals surface area (Å²) in [7, 11) is 0. The van der Waals surface area contributed by atoms with Gasteiger partial charge in [0.2, 0.25) is 11.8 Å². The number of likely N-dealkylation sites (tertiary alicyclic amines) is 1. The summed E-state index contributed by atoms with van der Waals surface area (Å²) in [6.45, 7) is 3.43. The monoisotopic (exact) mass is 283 g/mol. The van der Waals surface area contributed by atoms with Gasteiger partial charge in [0.05, 0.1) is 12.6 Å². The van der Waals surface area contributed by atoms with Gasteiger partial charge >= 0.3 is 6.09 Å². The SMILES string of the molecule is CCOC(=O)N1CCC(NC2CCC(=O)NC2=O)CC1. The van der Waals surface area contributed by atoms with Crippen LogP contribution in [0.5, 0.6) is 0 Å². The topological polar surface area (TPSA) is 87.7 Å². The van der Waals surface area contributed by atoms with Crippen LogP contribution in [0.1, 0.15) is 32.6 Å². The van der Waals surface area contributed by atoms with Crippen molar-refractivity contribution < 1.29 is 19.1 Å². The zero-order chi connectivity index (χ0) is 14.5. The Morgan fingerprint density at radius 3 is 2.65 bits per heavy atom. The fourth-order valence-electron chi connectivity index (χ4n) is 2.58. The van der Waals surface area contributed by atoms with Crippen LogP contribution >= 0.6 is 0 Å². The Morgan fingerprint density at radius 2 is 2.05 bits per heavy atom. The van der Waals surface area contributed by atoms with Crippen LogP contribution in [0.2, 0.25) is 0 Å². The van der Waals surface area contributed by atoms with Crippen LogP contribution in [0.15, 0.2) is 0 Å². The number of nitrogens with one attached hydrogen (secondary N) is 2. The van der Waals surface area contributed by atoms with Crippen molar-refractivity contribution in [1.29, 1.82) is 0 Å². The summed E-state index contributed by atoms with van der Waals surface area (Å²) < 4.78 is 4.96. The molecule has 0 spiro atoms. The van der Waals surface area contributed by atoms with Crippen molar-refractivity contribution in [3.63, 3.8) is 0 Å². The number of ether oxygens (including phenoxy) is 1. The summed E-state index contributed by atoms with van der Waals surface area (Å²) in [5.74, 6) is -0.445. The van der Waals surface area contributed by atoms with Crippen molar-refractivity contribution in [1.82, 2.24) is 15.5 Å². The Bertz CT molecular complexity index is 391. The average molecular weight is 283 g/mol. The van der Waals surface area contributed by atoms with Gasteiger partial charge in [-0.1, -0.05) is 0 Å². The second-order valence-electron chi connectivity index (χ2n) is 5.13. The Hall–Kier alpha value is -1.63. The summed E-state index contributed by atoms with van der Waals surface area (Å²) in [5.41, 5.74) is 0. The van der Waals surface area contributed by atoms with E-state index in [0.29, 0.717) is 32.5 Å². The molecule has 0 aromatic rings. The van der Waals surface area contributed by atoms with E-state index in [0.717, 1.165) is 12.8 Å². The van der Waals surface area contributed by atoms with Crippen LogP contribution in [0.25, 0.3) is 0 Å². The van der Waals surface area contributed by atoms with Crippen LogP contribution in [-0.4, -0.2) is 54.6 Å². The molecule has 2 fully saturated rings. The Kier molecular flexibility index (Phi) is 4.94. The van der Waals surface area contributed by atoms with Gasteiger partial charge in [-0.2, -0.15) is 0 Å². The maximum absolute atomic E-state index is 11.7. The smallest absolute Gasteiger partial charge is 0.409 e. The fourth-order valence-corrected chi connectivity index (χ4v) is 2.58. The Morgan fingerprint density at radius 1 is 1.35 bits per heavy atom. The van der Waals surface area contributed by atoms with E-state index in [1.807, 2.05) is 0 Å². The van der Waals surface area contributed by atoms with Gasteiger partial charge < -0.3 is 15.0 Å². The first kappa shape index (κ1) is 14.8. The maximum Gasteiger partial charge on any atom is 0.409 e. The zero-order valence-corrected chi connectivity index (χ0v) is 11.7. The van der Waals surface area contributed by atoms with Crippen molar-refractivity contribution in [3.8, 4) is 0 Å². The number of carbonyl (C=O) groups excluding carboxylic acids is 3. The van der Waals surface area contributed by atoms with E-state index in [4.69, 9.17) is 4.74 Å². The highest BCUT2D eigenvalue weighted by atomic mass is 16.6. The molecule has 0 aromatic heterocycles. The van der Waals surface area contributed by atoms with Crippen molar-refractivity contribution in [2.24, 2.45) is 0 Å². The number of rotatable bonds is 3. The van der Waals surface area contributed by atoms with Gasteiger partial charge in [0.25, 0.3) is 0 Å². The minimum Gasteiger partial charge on any atom is -0.450 e. The van der Waals surface area contributed by atoms with E-state index in [-0.39, 0.29) is 30.0 Å². The molecule has 2 saturated heterocycles. The number of piperidine rings is 2. The third kappa shape index (κ3) is 3.69. The van der Waals surface area contributed by atoms with E-state index < -0.39 is 0 Å². The lowest BCUT2D eigenvalue weighted by atomic mass is 10.0. The maximum atomic E-state index is 11.7. The fraction of sp³-hybridized carbons (Fsp3) is 0.769. The molecular weight excluding hydrogens is 262 g/mol. The molecule has 0 saturated carbocycles. The predicted molar refractivity (Wildman–Crippen MR) is 70.9 cm³/mol. The molecule has 2 heterocycles. The summed E-state index contributed by atoms with van der Waals surface area (Å²) in [6.07, 6.45) is 2.23. The molecule has 20 heavy (non-hydrogen) atoms. The second kappa shape index (κ2) is 6.69. The quantitative estimate of drug-likeness (QED) is 0.712. The van der Waals surface area contributed by atoms with E-state index in [9.17, 15) is 14.4 Å². The highest BCUT2D eigenvalue weighted by molar-refractivity contribution is 6.00. The van der Waals surface area contributed by atoms with Gasteiger partial charge in [0, 0.05) is 25.6 Å². The zero-order valence-electron chi connectivity index (χ0n) is 11.7. The minimum atomic E-state index is -0.299. The molecule has 3 amide bonds. The van der Waals surface area contributed by atoms with Gasteiger partial charge in [-0.3, -0.25) is 14.9 Å². The molecule has 0 radical (unpaired) electrons. The minimum absolute atomic E-state index is 0.199. The van der Waals surface area contributed by atoms with Crippen LogP contribution in [0.4, 0.5) is 4.79 Å².